The summed E-state index contributed by atoms with van der Waals surface area (Å²) in [5.74, 6) is 0.204. The van der Waals surface area contributed by atoms with Crippen molar-refractivity contribution in [1.82, 2.24) is 0 Å². The van der Waals surface area contributed by atoms with E-state index >= 15 is 0 Å². The molecule has 0 heterocycles. The van der Waals surface area contributed by atoms with Gasteiger partial charge in [-0.3, -0.25) is 4.79 Å². The van der Waals surface area contributed by atoms with Crippen molar-refractivity contribution in [3.05, 3.63) is 34.3 Å². The summed E-state index contributed by atoms with van der Waals surface area (Å²) in [7, 11) is 0. The van der Waals surface area contributed by atoms with E-state index in [4.69, 9.17) is 0 Å². The minimum Gasteiger partial charge on any atom is -0.300 e. The largest absolute Gasteiger partial charge is 0.300 e. The number of rotatable bonds is 1. The average molecular weight is 278 g/mol. The molecule has 0 aliphatic heterocycles. The van der Waals surface area contributed by atoms with Crippen LogP contribution in [0.25, 0.3) is 0 Å². The first-order valence-electron chi connectivity index (χ1n) is 5.35. The number of nitriles is 1. The molecule has 2 nitrogen and oxygen atoms in total. The zero-order valence-electron chi connectivity index (χ0n) is 8.87. The first-order chi connectivity index (χ1) is 7.66. The molecule has 1 aliphatic carbocycles. The van der Waals surface area contributed by atoms with Crippen molar-refractivity contribution in [2.24, 2.45) is 0 Å². The van der Waals surface area contributed by atoms with Gasteiger partial charge in [0.05, 0.1) is 11.5 Å². The lowest BCUT2D eigenvalue weighted by molar-refractivity contribution is -0.121. The Labute approximate surface area is 103 Å². The van der Waals surface area contributed by atoms with E-state index in [1.54, 1.807) is 0 Å². The second kappa shape index (κ2) is 4.39. The number of carbonyl (C=O) groups excluding carboxylic acids is 1. The summed E-state index contributed by atoms with van der Waals surface area (Å²) in [4.78, 5) is 11.5. The van der Waals surface area contributed by atoms with Gasteiger partial charge in [0, 0.05) is 17.3 Å². The maximum absolute atomic E-state index is 11.5. The monoisotopic (exact) mass is 277 g/mol. The fourth-order valence-corrected chi connectivity index (χ4v) is 2.54. The standard InChI is InChI=1S/C13H12BrNO/c14-11-5-3-10(4-6-11)13(9-15)7-1-2-12(16)8-13/h3-6H,1-2,7-8H2. The highest BCUT2D eigenvalue weighted by molar-refractivity contribution is 9.10. The van der Waals surface area contributed by atoms with E-state index in [0.29, 0.717) is 12.8 Å². The molecule has 1 aromatic carbocycles. The second-order valence-electron chi connectivity index (χ2n) is 4.27. The molecule has 0 aromatic heterocycles. The molecule has 1 aromatic rings. The van der Waals surface area contributed by atoms with Gasteiger partial charge < -0.3 is 0 Å². The Morgan fingerprint density at radius 1 is 1.31 bits per heavy atom. The van der Waals surface area contributed by atoms with Crippen LogP contribution in [0.1, 0.15) is 31.2 Å². The Morgan fingerprint density at radius 3 is 2.56 bits per heavy atom. The molecular weight excluding hydrogens is 266 g/mol. The van der Waals surface area contributed by atoms with Gasteiger partial charge >= 0.3 is 0 Å². The van der Waals surface area contributed by atoms with Gasteiger partial charge in [-0.1, -0.05) is 28.1 Å². The van der Waals surface area contributed by atoms with Crippen molar-refractivity contribution in [2.75, 3.05) is 0 Å². The highest BCUT2D eigenvalue weighted by atomic mass is 79.9. The Kier molecular flexibility index (Phi) is 3.11. The lowest BCUT2D eigenvalue weighted by atomic mass is 9.70. The van der Waals surface area contributed by atoms with Gasteiger partial charge in [0.1, 0.15) is 5.78 Å². The number of carbonyl (C=O) groups is 1. The van der Waals surface area contributed by atoms with Crippen LogP contribution in [0.3, 0.4) is 0 Å². The summed E-state index contributed by atoms with van der Waals surface area (Å²) >= 11 is 3.37. The maximum Gasteiger partial charge on any atom is 0.134 e. The van der Waals surface area contributed by atoms with E-state index in [9.17, 15) is 10.1 Å². The summed E-state index contributed by atoms with van der Waals surface area (Å²) in [5, 5.41) is 9.37. The fourth-order valence-electron chi connectivity index (χ4n) is 2.28. The third-order valence-electron chi connectivity index (χ3n) is 3.17. The number of Topliss-reactive ketones (excluding diaryl/α,β-unsaturated/α-hetero) is 1. The Hall–Kier alpha value is -1.14. The number of halogens is 1. The van der Waals surface area contributed by atoms with Crippen molar-refractivity contribution >= 4 is 21.7 Å². The van der Waals surface area contributed by atoms with E-state index < -0.39 is 5.41 Å². The molecule has 82 valence electrons. The molecule has 1 fully saturated rings. The van der Waals surface area contributed by atoms with Crippen LogP contribution < -0.4 is 0 Å². The smallest absolute Gasteiger partial charge is 0.134 e. The van der Waals surface area contributed by atoms with Gasteiger partial charge in [-0.25, -0.2) is 0 Å². The van der Waals surface area contributed by atoms with Gasteiger partial charge in [-0.05, 0) is 30.5 Å². The summed E-state index contributed by atoms with van der Waals surface area (Å²) < 4.78 is 0.992. The average Bonchev–Trinajstić information content (AvgIpc) is 2.29. The number of benzene rings is 1. The first-order valence-corrected chi connectivity index (χ1v) is 6.15. The minimum atomic E-state index is -0.587. The molecule has 0 bridgehead atoms. The molecular formula is C13H12BrNO. The number of ketones is 1. The summed E-state index contributed by atoms with van der Waals surface area (Å²) in [5.41, 5.74) is 0.377. The Balaban J connectivity index is 2.38. The summed E-state index contributed by atoms with van der Waals surface area (Å²) in [6.07, 6.45) is 2.60. The molecule has 0 spiro atoms. The van der Waals surface area contributed by atoms with Crippen LogP contribution in [0.5, 0.6) is 0 Å². The van der Waals surface area contributed by atoms with Crippen LogP contribution in [0, 0.1) is 11.3 Å². The van der Waals surface area contributed by atoms with Crippen LogP contribution in [0.4, 0.5) is 0 Å². The molecule has 0 N–H and O–H groups in total. The predicted octanol–water partition coefficient (Wildman–Crippen LogP) is 3.35. The minimum absolute atomic E-state index is 0.204. The van der Waals surface area contributed by atoms with Crippen LogP contribution >= 0.6 is 15.9 Å². The summed E-state index contributed by atoms with van der Waals surface area (Å²) in [6, 6.07) is 10.1. The Bertz CT molecular complexity index is 446. The van der Waals surface area contributed by atoms with E-state index in [0.717, 1.165) is 22.9 Å². The SMILES string of the molecule is N#CC1(c2ccc(Br)cc2)CCCC(=O)C1. The van der Waals surface area contributed by atoms with E-state index in [1.165, 1.54) is 0 Å². The first kappa shape index (κ1) is 11.3. The van der Waals surface area contributed by atoms with Gasteiger partial charge in [-0.2, -0.15) is 5.26 Å². The van der Waals surface area contributed by atoms with Gasteiger partial charge in [0.15, 0.2) is 0 Å². The topological polar surface area (TPSA) is 40.9 Å². The van der Waals surface area contributed by atoms with E-state index in [1.807, 2.05) is 24.3 Å². The zero-order valence-corrected chi connectivity index (χ0v) is 10.5. The highest BCUT2D eigenvalue weighted by Gasteiger charge is 2.37. The van der Waals surface area contributed by atoms with Crippen LogP contribution in [-0.2, 0) is 10.2 Å². The molecule has 1 unspecified atom stereocenters. The Morgan fingerprint density at radius 2 is 2.00 bits per heavy atom. The van der Waals surface area contributed by atoms with Crippen molar-refractivity contribution in [2.45, 2.75) is 31.1 Å². The van der Waals surface area contributed by atoms with Crippen molar-refractivity contribution in [3.8, 4) is 6.07 Å². The van der Waals surface area contributed by atoms with Crippen LogP contribution in [-0.4, -0.2) is 5.78 Å². The summed E-state index contributed by atoms with van der Waals surface area (Å²) in [6.45, 7) is 0. The number of nitrogens with zero attached hydrogens (tertiary/aromatic N) is 1. The molecule has 1 aliphatic rings. The normalized spacial score (nSPS) is 25.1. The number of hydrogen-bond acceptors (Lipinski definition) is 2. The quantitative estimate of drug-likeness (QED) is 0.790. The molecule has 1 atom stereocenters. The number of hydrogen-bond donors (Lipinski definition) is 0. The van der Waals surface area contributed by atoms with E-state index in [2.05, 4.69) is 22.0 Å². The lowest BCUT2D eigenvalue weighted by Crippen LogP contribution is -2.31. The van der Waals surface area contributed by atoms with E-state index in [-0.39, 0.29) is 5.78 Å². The highest BCUT2D eigenvalue weighted by Crippen LogP contribution is 2.37. The van der Waals surface area contributed by atoms with Crippen molar-refractivity contribution in [3.63, 3.8) is 0 Å². The van der Waals surface area contributed by atoms with Crippen molar-refractivity contribution < 1.29 is 4.79 Å². The van der Waals surface area contributed by atoms with Gasteiger partial charge in [-0.15, -0.1) is 0 Å². The molecule has 0 saturated heterocycles. The van der Waals surface area contributed by atoms with Gasteiger partial charge in [0.25, 0.3) is 0 Å². The molecule has 16 heavy (non-hydrogen) atoms. The molecule has 0 amide bonds. The van der Waals surface area contributed by atoms with Crippen LogP contribution in [0.2, 0.25) is 0 Å². The third-order valence-corrected chi connectivity index (χ3v) is 3.70. The van der Waals surface area contributed by atoms with Crippen molar-refractivity contribution in [1.29, 1.82) is 5.26 Å². The lowest BCUT2D eigenvalue weighted by Gasteiger charge is -2.30. The third kappa shape index (κ3) is 2.03. The second-order valence-corrected chi connectivity index (χ2v) is 5.19. The molecule has 0 radical (unpaired) electrons. The predicted molar refractivity (Wildman–Crippen MR) is 64.9 cm³/mol. The molecule has 3 heteroatoms. The van der Waals surface area contributed by atoms with Crippen LogP contribution in [0.15, 0.2) is 28.7 Å². The maximum atomic E-state index is 11.5. The fraction of sp³-hybridized carbons (Fsp3) is 0.385. The zero-order chi connectivity index (χ0) is 11.6. The molecule has 1 saturated carbocycles. The van der Waals surface area contributed by atoms with Gasteiger partial charge in [0.2, 0.25) is 0 Å². The molecule has 2 rings (SSSR count).